The van der Waals surface area contributed by atoms with Crippen LogP contribution in [0, 0.1) is 23.2 Å². The Labute approximate surface area is 190 Å². The van der Waals surface area contributed by atoms with Gasteiger partial charge >= 0.3 is 5.97 Å². The highest BCUT2D eigenvalue weighted by atomic mass is 16.5. The van der Waals surface area contributed by atoms with Gasteiger partial charge in [-0.2, -0.15) is 0 Å². The second-order valence-corrected chi connectivity index (χ2v) is 10.4. The van der Waals surface area contributed by atoms with Gasteiger partial charge in [-0.1, -0.05) is 60.7 Å². The van der Waals surface area contributed by atoms with E-state index in [1.807, 2.05) is 60.7 Å². The van der Waals surface area contributed by atoms with E-state index in [4.69, 9.17) is 4.74 Å². The van der Waals surface area contributed by atoms with E-state index in [0.29, 0.717) is 0 Å². The summed E-state index contributed by atoms with van der Waals surface area (Å²) < 4.78 is 5.54. The van der Waals surface area contributed by atoms with E-state index in [-0.39, 0.29) is 29.9 Å². The minimum atomic E-state index is -0.536. The van der Waals surface area contributed by atoms with Crippen molar-refractivity contribution >= 4 is 11.9 Å². The molecule has 0 aromatic heterocycles. The average molecular weight is 432 g/mol. The molecule has 0 heterocycles. The molecule has 4 nitrogen and oxygen atoms in total. The standard InChI is InChI=1S/C28H33NO3/c1-19(28-15-20-12-21(16-28)14-22(13-20)17-28)29-25(30)18-32-27(31)26(23-8-4-2-5-9-23)24-10-6-3-7-11-24/h2-11,19-22,26H,12-18H2,1H3,(H,29,30)/t19-,20?,21?,22?,28?/m1/s1. The summed E-state index contributed by atoms with van der Waals surface area (Å²) in [4.78, 5) is 25.8. The van der Waals surface area contributed by atoms with Gasteiger partial charge in [-0.25, -0.2) is 0 Å². The minimum Gasteiger partial charge on any atom is -0.455 e. The molecule has 4 fully saturated rings. The molecule has 4 aliphatic rings. The molecule has 0 saturated heterocycles. The zero-order valence-electron chi connectivity index (χ0n) is 18.8. The lowest BCUT2D eigenvalue weighted by Gasteiger charge is -2.59. The van der Waals surface area contributed by atoms with Crippen LogP contribution < -0.4 is 5.32 Å². The van der Waals surface area contributed by atoms with Crippen molar-refractivity contribution in [2.75, 3.05) is 6.61 Å². The smallest absolute Gasteiger partial charge is 0.318 e. The average Bonchev–Trinajstić information content (AvgIpc) is 2.78. The first-order valence-electron chi connectivity index (χ1n) is 12.1. The molecule has 0 aliphatic heterocycles. The highest BCUT2D eigenvalue weighted by Gasteiger charge is 2.53. The van der Waals surface area contributed by atoms with Gasteiger partial charge in [0.25, 0.3) is 5.91 Å². The minimum absolute atomic E-state index is 0.126. The number of hydrogen-bond acceptors (Lipinski definition) is 3. The number of amides is 1. The molecule has 4 heteroatoms. The van der Waals surface area contributed by atoms with Crippen molar-refractivity contribution < 1.29 is 14.3 Å². The molecule has 6 rings (SSSR count). The molecule has 4 aliphatic carbocycles. The molecule has 4 bridgehead atoms. The normalized spacial score (nSPS) is 29.0. The number of rotatable bonds is 7. The van der Waals surface area contributed by atoms with Gasteiger partial charge in [0, 0.05) is 6.04 Å². The summed E-state index contributed by atoms with van der Waals surface area (Å²) in [6, 6.07) is 19.3. The predicted molar refractivity (Wildman–Crippen MR) is 124 cm³/mol. The lowest BCUT2D eigenvalue weighted by molar-refractivity contribution is -0.150. The van der Waals surface area contributed by atoms with Crippen molar-refractivity contribution in [3.05, 3.63) is 71.8 Å². The van der Waals surface area contributed by atoms with Gasteiger partial charge < -0.3 is 10.1 Å². The van der Waals surface area contributed by atoms with E-state index in [9.17, 15) is 9.59 Å². The first-order valence-corrected chi connectivity index (χ1v) is 12.1. The van der Waals surface area contributed by atoms with E-state index in [0.717, 1.165) is 28.9 Å². The Morgan fingerprint density at radius 2 is 1.34 bits per heavy atom. The van der Waals surface area contributed by atoms with Gasteiger partial charge in [0.1, 0.15) is 5.92 Å². The fourth-order valence-corrected chi connectivity index (χ4v) is 7.12. The second kappa shape index (κ2) is 8.73. The van der Waals surface area contributed by atoms with Gasteiger partial charge in [-0.3, -0.25) is 9.59 Å². The summed E-state index contributed by atoms with van der Waals surface area (Å²) in [5.74, 6) is 1.41. The lowest BCUT2D eigenvalue weighted by Crippen LogP contribution is -2.56. The van der Waals surface area contributed by atoms with E-state index in [2.05, 4.69) is 12.2 Å². The highest BCUT2D eigenvalue weighted by Crippen LogP contribution is 2.61. The van der Waals surface area contributed by atoms with Crippen LogP contribution in [-0.4, -0.2) is 24.5 Å². The molecule has 1 amide bonds. The Kier molecular flexibility index (Phi) is 5.79. The van der Waals surface area contributed by atoms with Crippen molar-refractivity contribution in [1.82, 2.24) is 5.32 Å². The quantitative estimate of drug-likeness (QED) is 0.622. The number of benzene rings is 2. The molecule has 1 N–H and O–H groups in total. The van der Waals surface area contributed by atoms with E-state index in [1.165, 1.54) is 38.5 Å². The van der Waals surface area contributed by atoms with E-state index < -0.39 is 5.92 Å². The van der Waals surface area contributed by atoms with E-state index in [1.54, 1.807) is 0 Å². The van der Waals surface area contributed by atoms with Gasteiger partial charge in [-0.05, 0) is 79.7 Å². The predicted octanol–water partition coefficient (Wildman–Crippen LogP) is 5.08. The molecular weight excluding hydrogens is 398 g/mol. The molecule has 2 aromatic rings. The second-order valence-electron chi connectivity index (χ2n) is 10.4. The third kappa shape index (κ3) is 4.20. The van der Waals surface area contributed by atoms with Crippen LogP contribution in [0.2, 0.25) is 0 Å². The maximum atomic E-state index is 13.1. The number of nitrogens with one attached hydrogen (secondary N) is 1. The van der Waals surface area contributed by atoms with Crippen molar-refractivity contribution in [3.8, 4) is 0 Å². The van der Waals surface area contributed by atoms with Gasteiger partial charge in [0.2, 0.25) is 0 Å². The number of carbonyl (C=O) groups is 2. The zero-order chi connectivity index (χ0) is 22.1. The lowest BCUT2D eigenvalue weighted by atomic mass is 9.48. The van der Waals surface area contributed by atoms with Crippen molar-refractivity contribution in [3.63, 3.8) is 0 Å². The van der Waals surface area contributed by atoms with Crippen LogP contribution in [0.3, 0.4) is 0 Å². The monoisotopic (exact) mass is 431 g/mol. The number of carbonyl (C=O) groups excluding carboxylic acids is 2. The maximum absolute atomic E-state index is 13.1. The molecule has 0 spiro atoms. The maximum Gasteiger partial charge on any atom is 0.318 e. The Morgan fingerprint density at radius 3 is 1.81 bits per heavy atom. The summed E-state index contributed by atoms with van der Waals surface area (Å²) in [5, 5.41) is 3.19. The van der Waals surface area contributed by atoms with Gasteiger partial charge in [0.05, 0.1) is 0 Å². The topological polar surface area (TPSA) is 55.4 Å². The number of esters is 1. The molecule has 0 radical (unpaired) electrons. The highest BCUT2D eigenvalue weighted by molar-refractivity contribution is 5.85. The Bertz CT molecular complexity index is 880. The molecule has 32 heavy (non-hydrogen) atoms. The first-order chi connectivity index (χ1) is 15.5. The zero-order valence-corrected chi connectivity index (χ0v) is 18.8. The number of hydrogen-bond donors (Lipinski definition) is 1. The van der Waals surface area contributed by atoms with Crippen LogP contribution in [0.4, 0.5) is 0 Å². The fourth-order valence-electron chi connectivity index (χ4n) is 7.12. The van der Waals surface area contributed by atoms with Crippen LogP contribution in [0.1, 0.15) is 62.5 Å². The summed E-state index contributed by atoms with van der Waals surface area (Å²) in [6.07, 6.45) is 7.88. The molecule has 1 atom stereocenters. The van der Waals surface area contributed by atoms with Crippen molar-refractivity contribution in [2.24, 2.45) is 23.2 Å². The third-order valence-electron chi connectivity index (χ3n) is 8.23. The van der Waals surface area contributed by atoms with Crippen molar-refractivity contribution in [2.45, 2.75) is 57.4 Å². The summed E-state index contributed by atoms with van der Waals surface area (Å²) in [5.41, 5.74) is 1.97. The first kappa shape index (κ1) is 21.2. The summed E-state index contributed by atoms with van der Waals surface area (Å²) in [7, 11) is 0. The number of ether oxygens (including phenoxy) is 1. The fraction of sp³-hybridized carbons (Fsp3) is 0.500. The molecule has 168 valence electrons. The molecule has 4 saturated carbocycles. The molecular formula is C28H33NO3. The Hall–Kier alpha value is -2.62. The van der Waals surface area contributed by atoms with Crippen LogP contribution >= 0.6 is 0 Å². The largest absolute Gasteiger partial charge is 0.455 e. The van der Waals surface area contributed by atoms with Gasteiger partial charge in [0.15, 0.2) is 6.61 Å². The van der Waals surface area contributed by atoms with Crippen LogP contribution in [0.15, 0.2) is 60.7 Å². The van der Waals surface area contributed by atoms with E-state index >= 15 is 0 Å². The Morgan fingerprint density at radius 1 is 0.875 bits per heavy atom. The van der Waals surface area contributed by atoms with Crippen molar-refractivity contribution in [1.29, 1.82) is 0 Å². The molecule has 2 aromatic carbocycles. The summed E-state index contributed by atoms with van der Waals surface area (Å²) in [6.45, 7) is 1.93. The summed E-state index contributed by atoms with van der Waals surface area (Å²) >= 11 is 0. The molecule has 0 unspecified atom stereocenters. The van der Waals surface area contributed by atoms with Crippen LogP contribution in [0.25, 0.3) is 0 Å². The van der Waals surface area contributed by atoms with Gasteiger partial charge in [-0.15, -0.1) is 0 Å². The SMILES string of the molecule is C[C@@H](NC(=O)COC(=O)C(c1ccccc1)c1ccccc1)C12CC3CC(CC(C3)C1)C2. The van der Waals surface area contributed by atoms with Crippen LogP contribution in [0.5, 0.6) is 0 Å². The Balaban J connectivity index is 1.22. The van der Waals surface area contributed by atoms with Crippen LogP contribution in [-0.2, 0) is 14.3 Å². The third-order valence-corrected chi connectivity index (χ3v) is 8.23.